The van der Waals surface area contributed by atoms with Gasteiger partial charge in [-0.3, -0.25) is 9.59 Å². The minimum Gasteiger partial charge on any atom is -0.478 e. The second kappa shape index (κ2) is 9.63. The molecule has 0 radical (unpaired) electrons. The Bertz CT molecular complexity index is 1050. The summed E-state index contributed by atoms with van der Waals surface area (Å²) in [6.07, 6.45) is 2.10. The van der Waals surface area contributed by atoms with Crippen LogP contribution in [0.2, 0.25) is 0 Å². The summed E-state index contributed by atoms with van der Waals surface area (Å²) in [4.78, 5) is 40.7. The van der Waals surface area contributed by atoms with Gasteiger partial charge in [-0.05, 0) is 24.8 Å². The summed E-state index contributed by atoms with van der Waals surface area (Å²) >= 11 is 0. The number of aliphatic hydroxyl groups is 1. The maximum Gasteiger partial charge on any atom is 0.331 e. The minimum absolute atomic E-state index is 0.0273. The topological polar surface area (TPSA) is 119 Å². The smallest absolute Gasteiger partial charge is 0.331 e. The van der Waals surface area contributed by atoms with Crippen LogP contribution in [0.1, 0.15) is 53.5 Å². The van der Waals surface area contributed by atoms with Crippen LogP contribution in [0.15, 0.2) is 42.0 Å². The van der Waals surface area contributed by atoms with Crippen molar-refractivity contribution in [1.82, 2.24) is 15.5 Å². The van der Waals surface area contributed by atoms with Crippen LogP contribution in [0.5, 0.6) is 0 Å². The lowest BCUT2D eigenvalue weighted by Gasteiger charge is -2.38. The number of hydrogen-bond acceptors (Lipinski definition) is 5. The van der Waals surface area contributed by atoms with E-state index in [2.05, 4.69) is 24.5 Å². The number of carboxylic acid groups (broad SMARTS) is 1. The van der Waals surface area contributed by atoms with E-state index in [4.69, 9.17) is 5.11 Å². The first-order chi connectivity index (χ1) is 16.7. The average Bonchev–Trinajstić information content (AvgIpc) is 3.69. The van der Waals surface area contributed by atoms with Gasteiger partial charge >= 0.3 is 5.97 Å². The molecule has 8 nitrogen and oxygen atoms in total. The van der Waals surface area contributed by atoms with Gasteiger partial charge in [-0.25, -0.2) is 4.79 Å². The molecule has 0 spiro atoms. The number of nitrogens with zero attached hydrogens (tertiary/aromatic N) is 1. The molecule has 3 rings (SSSR count). The molecule has 2 aliphatic rings. The molecule has 0 bridgehead atoms. The van der Waals surface area contributed by atoms with Crippen molar-refractivity contribution in [3.8, 4) is 0 Å². The molecule has 2 aliphatic carbocycles. The van der Waals surface area contributed by atoms with Crippen LogP contribution in [-0.4, -0.2) is 71.2 Å². The van der Waals surface area contributed by atoms with Gasteiger partial charge in [-0.2, -0.15) is 0 Å². The summed E-state index contributed by atoms with van der Waals surface area (Å²) in [7, 11) is 1.63. The van der Waals surface area contributed by atoms with Crippen LogP contribution in [0.4, 0.5) is 0 Å². The van der Waals surface area contributed by atoms with E-state index < -0.39 is 27.8 Å². The summed E-state index contributed by atoms with van der Waals surface area (Å²) in [5.74, 6) is -1.54. The highest BCUT2D eigenvalue weighted by molar-refractivity contribution is 5.99. The first-order valence-electron chi connectivity index (χ1n) is 12.6. The first kappa shape index (κ1) is 27.9. The number of aliphatic carboxylic acids is 1. The van der Waals surface area contributed by atoms with Gasteiger partial charge in [0.25, 0.3) is 0 Å². The Kier molecular flexibility index (Phi) is 7.46. The van der Waals surface area contributed by atoms with E-state index in [1.54, 1.807) is 7.05 Å². The number of hydrogen-bond donors (Lipinski definition) is 4. The molecule has 1 aromatic rings. The van der Waals surface area contributed by atoms with E-state index in [1.165, 1.54) is 17.9 Å². The normalized spacial score (nSPS) is 28.8. The number of amides is 2. The van der Waals surface area contributed by atoms with E-state index >= 15 is 0 Å². The molecule has 0 aromatic heterocycles. The van der Waals surface area contributed by atoms with Gasteiger partial charge in [0.05, 0.1) is 12.0 Å². The molecular formula is C28H41N3O5. The number of carbonyl (C=O) groups excluding carboxylic acids is 2. The summed E-state index contributed by atoms with van der Waals surface area (Å²) in [6.45, 7) is 12.0. The van der Waals surface area contributed by atoms with Crippen LogP contribution in [0.3, 0.4) is 0 Å². The van der Waals surface area contributed by atoms with Crippen molar-refractivity contribution in [2.75, 3.05) is 26.7 Å². The van der Waals surface area contributed by atoms with Crippen molar-refractivity contribution in [3.05, 3.63) is 47.5 Å². The Balaban J connectivity index is 1.94. The van der Waals surface area contributed by atoms with Gasteiger partial charge in [0.2, 0.25) is 11.8 Å². The van der Waals surface area contributed by atoms with Crippen molar-refractivity contribution in [3.63, 3.8) is 0 Å². The quantitative estimate of drug-likeness (QED) is 0.347. The predicted octanol–water partition coefficient (Wildman–Crippen LogP) is 2.33. The minimum atomic E-state index is -1.09. The van der Waals surface area contributed by atoms with Gasteiger partial charge in [0.15, 0.2) is 0 Å². The molecule has 2 saturated carbocycles. The van der Waals surface area contributed by atoms with Gasteiger partial charge < -0.3 is 25.7 Å². The second-order valence-corrected chi connectivity index (χ2v) is 11.5. The second-order valence-electron chi connectivity index (χ2n) is 11.5. The molecule has 0 aliphatic heterocycles. The van der Waals surface area contributed by atoms with Gasteiger partial charge in [-0.1, -0.05) is 71.0 Å². The highest BCUT2D eigenvalue weighted by Crippen LogP contribution is 2.65. The third-order valence-electron chi connectivity index (χ3n) is 9.15. The molecule has 1 aromatic carbocycles. The lowest BCUT2D eigenvalue weighted by Crippen LogP contribution is -2.58. The molecule has 4 N–H and O–H groups in total. The number of aliphatic hydroxyl groups excluding tert-OH is 1. The molecule has 4 atom stereocenters. The Hall–Kier alpha value is -2.71. The lowest BCUT2D eigenvalue weighted by molar-refractivity contribution is -0.140. The first-order valence-corrected chi connectivity index (χ1v) is 12.6. The Labute approximate surface area is 214 Å². The molecular weight excluding hydrogens is 458 g/mol. The molecule has 0 saturated heterocycles. The molecule has 0 heterocycles. The van der Waals surface area contributed by atoms with Gasteiger partial charge in [0.1, 0.15) is 5.54 Å². The van der Waals surface area contributed by atoms with Crippen LogP contribution in [0, 0.1) is 16.7 Å². The third-order valence-corrected chi connectivity index (χ3v) is 9.15. The van der Waals surface area contributed by atoms with E-state index in [0.29, 0.717) is 13.0 Å². The fourth-order valence-electron chi connectivity index (χ4n) is 5.93. The number of rotatable bonds is 11. The van der Waals surface area contributed by atoms with Crippen LogP contribution >= 0.6 is 0 Å². The van der Waals surface area contributed by atoms with E-state index in [0.717, 1.165) is 5.56 Å². The van der Waals surface area contributed by atoms with Crippen LogP contribution < -0.4 is 10.6 Å². The zero-order chi connectivity index (χ0) is 27.1. The maximum absolute atomic E-state index is 14.2. The maximum atomic E-state index is 14.2. The molecule has 198 valence electrons. The molecule has 8 heteroatoms. The van der Waals surface area contributed by atoms with Crippen LogP contribution in [-0.2, 0) is 19.8 Å². The van der Waals surface area contributed by atoms with E-state index in [1.807, 2.05) is 51.1 Å². The van der Waals surface area contributed by atoms with Crippen molar-refractivity contribution >= 4 is 17.8 Å². The largest absolute Gasteiger partial charge is 0.478 e. The van der Waals surface area contributed by atoms with Crippen molar-refractivity contribution in [2.24, 2.45) is 16.7 Å². The summed E-state index contributed by atoms with van der Waals surface area (Å²) in [5.41, 5.74) is -1.70. The summed E-state index contributed by atoms with van der Waals surface area (Å²) < 4.78 is 0. The number of benzene rings is 1. The van der Waals surface area contributed by atoms with Gasteiger partial charge in [-0.15, -0.1) is 0 Å². The van der Waals surface area contributed by atoms with Gasteiger partial charge in [0, 0.05) is 42.6 Å². The molecule has 2 fully saturated rings. The highest BCUT2D eigenvalue weighted by atomic mass is 16.4. The number of likely N-dealkylation sites (N-methyl/N-ethyl adjacent to an activating group) is 1. The standard InChI is InChI=1S/C28H41N3O5/c1-18(22(33)34)13-15-31(7)24(36)28(19(2)25(28,3)4)30-23(35)27(17-21(27)29-14-16-32)26(5,6)20-11-9-8-10-12-20/h8-13,19,21,29,32H,14-17H2,1-7H3,(H,30,35)(H,33,34)/b18-13+. The Morgan fingerprint density at radius 3 is 2.28 bits per heavy atom. The zero-order valence-electron chi connectivity index (χ0n) is 22.5. The molecule has 4 unspecified atom stereocenters. The predicted molar refractivity (Wildman–Crippen MR) is 138 cm³/mol. The highest BCUT2D eigenvalue weighted by Gasteiger charge is 2.77. The van der Waals surface area contributed by atoms with E-state index in [-0.39, 0.29) is 42.5 Å². The molecule has 36 heavy (non-hydrogen) atoms. The Morgan fingerprint density at radius 2 is 1.78 bits per heavy atom. The third kappa shape index (κ3) is 4.24. The van der Waals surface area contributed by atoms with Crippen molar-refractivity contribution < 1.29 is 24.6 Å². The Morgan fingerprint density at radius 1 is 1.19 bits per heavy atom. The van der Waals surface area contributed by atoms with Crippen molar-refractivity contribution in [1.29, 1.82) is 0 Å². The fourth-order valence-corrected chi connectivity index (χ4v) is 5.93. The number of nitrogens with one attached hydrogen (secondary N) is 2. The zero-order valence-corrected chi connectivity index (χ0v) is 22.5. The number of carbonyl (C=O) groups is 3. The SMILES string of the molecule is C/C(=C\CN(C)C(=O)C1(NC(=O)C2(C(C)(C)c3ccccc3)CC2NCCO)C(C)C1(C)C)C(=O)O. The average molecular weight is 500 g/mol. The van der Waals surface area contributed by atoms with E-state index in [9.17, 15) is 19.5 Å². The molecule has 2 amide bonds. The monoisotopic (exact) mass is 499 g/mol. The fraction of sp³-hybridized carbons (Fsp3) is 0.607. The summed E-state index contributed by atoms with van der Waals surface area (Å²) in [5, 5.41) is 25.1. The van der Waals surface area contributed by atoms with Crippen LogP contribution in [0.25, 0.3) is 0 Å². The number of carboxylic acids is 1. The lowest BCUT2D eigenvalue weighted by atomic mass is 9.69. The summed E-state index contributed by atoms with van der Waals surface area (Å²) in [6, 6.07) is 9.76. The van der Waals surface area contributed by atoms with Crippen molar-refractivity contribution in [2.45, 2.75) is 65.0 Å².